The molecule has 0 aliphatic carbocycles. The van der Waals surface area contributed by atoms with E-state index in [1.807, 2.05) is 6.07 Å². The van der Waals surface area contributed by atoms with Crippen molar-refractivity contribution in [2.24, 2.45) is 0 Å². The average Bonchev–Trinajstić information content (AvgIpc) is 2.43. The molecule has 1 aromatic rings. The molecule has 0 unspecified atom stereocenters. The minimum Gasteiger partial charge on any atom is -0.478 e. The largest absolute Gasteiger partial charge is 0.478 e. The second-order valence-electron chi connectivity index (χ2n) is 4.63. The quantitative estimate of drug-likeness (QED) is 0.795. The second-order valence-corrected chi connectivity index (χ2v) is 5.03. The smallest absolute Gasteiger partial charge is 0.337 e. The third-order valence-corrected chi connectivity index (χ3v) is 3.75. The van der Waals surface area contributed by atoms with E-state index in [1.54, 1.807) is 19.2 Å². The third-order valence-electron chi connectivity index (χ3n) is 3.43. The van der Waals surface area contributed by atoms with Crippen molar-refractivity contribution in [1.82, 2.24) is 0 Å². The molecule has 1 rings (SSSR count). The fraction of sp³-hybridized carbons (Fsp3) is 0.533. The Kier molecular flexibility index (Phi) is 6.82. The van der Waals surface area contributed by atoms with Gasteiger partial charge in [-0.1, -0.05) is 25.4 Å². The predicted molar refractivity (Wildman–Crippen MR) is 82.0 cm³/mol. The van der Waals surface area contributed by atoms with Crippen LogP contribution in [-0.4, -0.2) is 37.4 Å². The van der Waals surface area contributed by atoms with Gasteiger partial charge < -0.3 is 14.7 Å². The zero-order chi connectivity index (χ0) is 15.1. The Morgan fingerprint density at radius 2 is 2.05 bits per heavy atom. The van der Waals surface area contributed by atoms with Crippen molar-refractivity contribution in [1.29, 1.82) is 0 Å². The summed E-state index contributed by atoms with van der Waals surface area (Å²) in [4.78, 5) is 13.2. The molecular weight excluding hydrogens is 278 g/mol. The Labute approximate surface area is 125 Å². The van der Waals surface area contributed by atoms with E-state index in [4.69, 9.17) is 21.4 Å². The first-order valence-electron chi connectivity index (χ1n) is 6.83. The number of carboxylic acid groups (broad SMARTS) is 1. The van der Waals surface area contributed by atoms with Crippen molar-refractivity contribution in [3.8, 4) is 0 Å². The molecule has 5 heteroatoms. The maximum atomic E-state index is 11.0. The number of anilines is 1. The first kappa shape index (κ1) is 16.8. The van der Waals surface area contributed by atoms with Gasteiger partial charge in [-0.15, -0.1) is 0 Å². The molecule has 1 aromatic carbocycles. The lowest BCUT2D eigenvalue weighted by atomic mass is 10.1. The van der Waals surface area contributed by atoms with Crippen LogP contribution < -0.4 is 4.90 Å². The van der Waals surface area contributed by atoms with Gasteiger partial charge in [0.15, 0.2) is 0 Å². The maximum Gasteiger partial charge on any atom is 0.337 e. The molecule has 0 aromatic heterocycles. The van der Waals surface area contributed by atoms with Gasteiger partial charge in [-0.05, 0) is 31.0 Å². The standard InChI is InChI=1S/C15H22ClNO3/c1-4-11(5-2)17(8-9-20-3)12-6-7-13(15(18)19)14(16)10-12/h6-7,10-11H,4-5,8-9H2,1-3H3,(H,18,19). The summed E-state index contributed by atoms with van der Waals surface area (Å²) in [5, 5.41) is 9.29. The Balaban J connectivity index is 3.06. The van der Waals surface area contributed by atoms with Gasteiger partial charge in [-0.25, -0.2) is 4.79 Å². The van der Waals surface area contributed by atoms with E-state index in [9.17, 15) is 4.79 Å². The number of hydrogen-bond acceptors (Lipinski definition) is 3. The number of halogens is 1. The number of hydrogen-bond donors (Lipinski definition) is 1. The summed E-state index contributed by atoms with van der Waals surface area (Å²) in [5.74, 6) is -1.01. The molecule has 4 nitrogen and oxygen atoms in total. The van der Waals surface area contributed by atoms with E-state index >= 15 is 0 Å². The SMILES string of the molecule is CCC(CC)N(CCOC)c1ccc(C(=O)O)c(Cl)c1. The molecule has 0 bridgehead atoms. The Morgan fingerprint density at radius 3 is 2.50 bits per heavy atom. The molecule has 0 fully saturated rings. The van der Waals surface area contributed by atoms with Crippen molar-refractivity contribution in [3.05, 3.63) is 28.8 Å². The molecule has 112 valence electrons. The molecule has 0 spiro atoms. The summed E-state index contributed by atoms with van der Waals surface area (Å²) in [7, 11) is 1.67. The molecule has 0 radical (unpaired) electrons. The number of carboxylic acids is 1. The summed E-state index contributed by atoms with van der Waals surface area (Å²) in [6.07, 6.45) is 2.02. The molecule has 0 aliphatic heterocycles. The van der Waals surface area contributed by atoms with E-state index in [1.165, 1.54) is 0 Å². The normalized spacial score (nSPS) is 10.8. The van der Waals surface area contributed by atoms with Crippen LogP contribution in [0.1, 0.15) is 37.0 Å². The van der Waals surface area contributed by atoms with Gasteiger partial charge >= 0.3 is 5.97 Å². The number of carbonyl (C=O) groups is 1. The highest BCUT2D eigenvalue weighted by molar-refractivity contribution is 6.33. The van der Waals surface area contributed by atoms with Crippen molar-refractivity contribution in [2.75, 3.05) is 25.2 Å². The monoisotopic (exact) mass is 299 g/mol. The van der Waals surface area contributed by atoms with E-state index in [0.717, 1.165) is 25.1 Å². The lowest BCUT2D eigenvalue weighted by molar-refractivity contribution is 0.0697. The highest BCUT2D eigenvalue weighted by Crippen LogP contribution is 2.26. The van der Waals surface area contributed by atoms with Crippen LogP contribution in [0.4, 0.5) is 5.69 Å². The van der Waals surface area contributed by atoms with Crippen LogP contribution in [-0.2, 0) is 4.74 Å². The molecule has 0 saturated heterocycles. The van der Waals surface area contributed by atoms with Gasteiger partial charge in [0.1, 0.15) is 0 Å². The fourth-order valence-corrected chi connectivity index (χ4v) is 2.55. The summed E-state index contributed by atoms with van der Waals surface area (Å²) in [6.45, 7) is 5.66. The van der Waals surface area contributed by atoms with Crippen molar-refractivity contribution in [2.45, 2.75) is 32.7 Å². The molecule has 0 saturated carbocycles. The molecule has 20 heavy (non-hydrogen) atoms. The van der Waals surface area contributed by atoms with Crippen LogP contribution in [0.15, 0.2) is 18.2 Å². The van der Waals surface area contributed by atoms with Gasteiger partial charge in [0.25, 0.3) is 0 Å². The molecule has 0 heterocycles. The van der Waals surface area contributed by atoms with Crippen molar-refractivity contribution < 1.29 is 14.6 Å². The zero-order valence-electron chi connectivity index (χ0n) is 12.2. The minimum atomic E-state index is -1.01. The first-order valence-corrected chi connectivity index (χ1v) is 7.21. The van der Waals surface area contributed by atoms with Gasteiger partial charge in [0.05, 0.1) is 17.2 Å². The Morgan fingerprint density at radius 1 is 1.40 bits per heavy atom. The van der Waals surface area contributed by atoms with E-state index in [0.29, 0.717) is 12.6 Å². The Hall–Kier alpha value is -1.26. The molecule has 0 amide bonds. The average molecular weight is 300 g/mol. The fourth-order valence-electron chi connectivity index (χ4n) is 2.30. The van der Waals surface area contributed by atoms with Gasteiger partial charge in [-0.2, -0.15) is 0 Å². The van der Waals surface area contributed by atoms with E-state index in [2.05, 4.69) is 18.7 Å². The second kappa shape index (κ2) is 8.12. The van der Waals surface area contributed by atoms with Crippen molar-refractivity contribution >= 4 is 23.3 Å². The molecule has 0 atom stereocenters. The highest BCUT2D eigenvalue weighted by Gasteiger charge is 2.17. The number of ether oxygens (including phenoxy) is 1. The van der Waals surface area contributed by atoms with Gasteiger partial charge in [0, 0.05) is 25.4 Å². The summed E-state index contributed by atoms with van der Waals surface area (Å²) >= 11 is 6.05. The van der Waals surface area contributed by atoms with Crippen LogP contribution in [0, 0.1) is 0 Å². The minimum absolute atomic E-state index is 0.131. The maximum absolute atomic E-state index is 11.0. The third kappa shape index (κ3) is 4.12. The van der Waals surface area contributed by atoms with E-state index in [-0.39, 0.29) is 10.6 Å². The van der Waals surface area contributed by atoms with Crippen LogP contribution >= 0.6 is 11.6 Å². The number of benzene rings is 1. The lowest BCUT2D eigenvalue weighted by Crippen LogP contribution is -2.37. The molecular formula is C15H22ClNO3. The highest BCUT2D eigenvalue weighted by atomic mass is 35.5. The van der Waals surface area contributed by atoms with Gasteiger partial charge in [-0.3, -0.25) is 0 Å². The van der Waals surface area contributed by atoms with Crippen LogP contribution in [0.2, 0.25) is 5.02 Å². The van der Waals surface area contributed by atoms with Crippen molar-refractivity contribution in [3.63, 3.8) is 0 Å². The van der Waals surface area contributed by atoms with Crippen LogP contribution in [0.5, 0.6) is 0 Å². The topological polar surface area (TPSA) is 49.8 Å². The summed E-state index contributed by atoms with van der Waals surface area (Å²) < 4.78 is 5.16. The number of aromatic carboxylic acids is 1. The van der Waals surface area contributed by atoms with Crippen LogP contribution in [0.25, 0.3) is 0 Å². The number of methoxy groups -OCH3 is 1. The first-order chi connectivity index (χ1) is 9.54. The summed E-state index contributed by atoms with van der Waals surface area (Å²) in [6, 6.07) is 5.47. The predicted octanol–water partition coefficient (Wildman–Crippen LogP) is 3.68. The molecule has 0 aliphatic rings. The Bertz CT molecular complexity index is 447. The van der Waals surface area contributed by atoms with Gasteiger partial charge in [0.2, 0.25) is 0 Å². The summed E-state index contributed by atoms with van der Waals surface area (Å²) in [5.41, 5.74) is 1.07. The molecule has 1 N–H and O–H groups in total. The lowest BCUT2D eigenvalue weighted by Gasteiger charge is -2.32. The number of nitrogens with zero attached hydrogens (tertiary/aromatic N) is 1. The number of rotatable bonds is 8. The van der Waals surface area contributed by atoms with E-state index < -0.39 is 5.97 Å². The zero-order valence-corrected chi connectivity index (χ0v) is 13.0. The van der Waals surface area contributed by atoms with Crippen LogP contribution in [0.3, 0.4) is 0 Å².